The van der Waals surface area contributed by atoms with E-state index in [0.29, 0.717) is 24.1 Å². The highest BCUT2D eigenvalue weighted by molar-refractivity contribution is 7.94. The molecule has 1 aromatic rings. The normalized spacial score (nSPS) is 22.8. The minimum absolute atomic E-state index is 0.0197. The molecule has 0 radical (unpaired) electrons. The highest BCUT2D eigenvalue weighted by atomic mass is 32.2. The number of nitrogens with zero attached hydrogens (tertiary/aromatic N) is 2. The summed E-state index contributed by atoms with van der Waals surface area (Å²) >= 11 is 0. The number of carbonyl (C=O) groups is 1. The third kappa shape index (κ3) is 4.72. The first kappa shape index (κ1) is 22.0. The first-order valence-corrected chi connectivity index (χ1v) is 12.3. The number of hydrogen-bond acceptors (Lipinski definition) is 8. The van der Waals surface area contributed by atoms with Gasteiger partial charge in [-0.1, -0.05) is 6.92 Å². The van der Waals surface area contributed by atoms with Crippen LogP contribution in [-0.2, 0) is 29.6 Å². The van der Waals surface area contributed by atoms with E-state index < -0.39 is 31.9 Å². The third-order valence-electron chi connectivity index (χ3n) is 4.86. The summed E-state index contributed by atoms with van der Waals surface area (Å²) in [7, 11) is -6.51. The topological polar surface area (TPSA) is 122 Å². The van der Waals surface area contributed by atoms with Crippen molar-refractivity contribution in [2.24, 2.45) is 5.92 Å². The number of morpholine rings is 1. The molecule has 3 rings (SSSR count). The van der Waals surface area contributed by atoms with Crippen molar-refractivity contribution in [1.29, 1.82) is 0 Å². The SMILES string of the molecule is COc1ccc(N2C(=O)C(C)CS2(=O)=O)cc1S(=O)(=O)NCCN1CCOCC1. The molecule has 0 spiro atoms. The Labute approximate surface area is 170 Å². The van der Waals surface area contributed by atoms with Gasteiger partial charge >= 0.3 is 0 Å². The first-order chi connectivity index (χ1) is 13.7. The lowest BCUT2D eigenvalue weighted by Gasteiger charge is -2.26. The van der Waals surface area contributed by atoms with Gasteiger partial charge in [0.1, 0.15) is 10.6 Å². The summed E-state index contributed by atoms with van der Waals surface area (Å²) in [5, 5.41) is 0. The minimum atomic E-state index is -3.99. The van der Waals surface area contributed by atoms with Crippen molar-refractivity contribution in [3.63, 3.8) is 0 Å². The van der Waals surface area contributed by atoms with Gasteiger partial charge in [-0.05, 0) is 18.2 Å². The summed E-state index contributed by atoms with van der Waals surface area (Å²) in [6, 6.07) is 3.86. The van der Waals surface area contributed by atoms with Crippen LogP contribution in [0.15, 0.2) is 23.1 Å². The van der Waals surface area contributed by atoms with Crippen LogP contribution in [0.3, 0.4) is 0 Å². The van der Waals surface area contributed by atoms with Crippen LogP contribution in [0.5, 0.6) is 5.75 Å². The number of ether oxygens (including phenoxy) is 2. The van der Waals surface area contributed by atoms with Crippen molar-refractivity contribution in [2.75, 3.05) is 56.6 Å². The van der Waals surface area contributed by atoms with Gasteiger partial charge in [-0.25, -0.2) is 25.9 Å². The molecule has 1 N–H and O–H groups in total. The van der Waals surface area contributed by atoms with Crippen molar-refractivity contribution in [3.05, 3.63) is 18.2 Å². The van der Waals surface area contributed by atoms with Crippen molar-refractivity contribution in [2.45, 2.75) is 11.8 Å². The van der Waals surface area contributed by atoms with Crippen LogP contribution >= 0.6 is 0 Å². The number of amides is 1. The Balaban J connectivity index is 1.83. The Bertz CT molecular complexity index is 973. The van der Waals surface area contributed by atoms with E-state index >= 15 is 0 Å². The summed E-state index contributed by atoms with van der Waals surface area (Å²) in [4.78, 5) is 14.2. The molecular weight excluding hydrogens is 422 g/mol. The maximum atomic E-state index is 12.8. The third-order valence-corrected chi connectivity index (χ3v) is 8.21. The van der Waals surface area contributed by atoms with Crippen molar-refractivity contribution in [1.82, 2.24) is 9.62 Å². The summed E-state index contributed by atoms with van der Waals surface area (Å²) in [6.07, 6.45) is 0. The molecule has 29 heavy (non-hydrogen) atoms. The van der Waals surface area contributed by atoms with Crippen LogP contribution in [0.4, 0.5) is 5.69 Å². The molecule has 2 fully saturated rings. The van der Waals surface area contributed by atoms with E-state index in [-0.39, 0.29) is 28.6 Å². The fourth-order valence-corrected chi connectivity index (χ4v) is 6.35. The van der Waals surface area contributed by atoms with E-state index in [1.165, 1.54) is 26.2 Å². The highest BCUT2D eigenvalue weighted by Gasteiger charge is 2.42. The molecule has 1 amide bonds. The number of methoxy groups -OCH3 is 1. The van der Waals surface area contributed by atoms with E-state index in [1.54, 1.807) is 0 Å². The monoisotopic (exact) mass is 447 g/mol. The van der Waals surface area contributed by atoms with Gasteiger partial charge in [0.15, 0.2) is 0 Å². The lowest BCUT2D eigenvalue weighted by molar-refractivity contribution is -0.119. The molecular formula is C17H25N3O7S2. The average molecular weight is 448 g/mol. The van der Waals surface area contributed by atoms with Crippen molar-refractivity contribution < 1.29 is 31.1 Å². The predicted octanol–water partition coefficient (Wildman–Crippen LogP) is -0.382. The number of rotatable bonds is 7. The fraction of sp³-hybridized carbons (Fsp3) is 0.588. The van der Waals surface area contributed by atoms with Crippen LogP contribution in [0.1, 0.15) is 6.92 Å². The molecule has 2 saturated heterocycles. The fourth-order valence-electron chi connectivity index (χ4n) is 3.33. The number of anilines is 1. The quantitative estimate of drug-likeness (QED) is 0.600. The van der Waals surface area contributed by atoms with E-state index in [1.807, 2.05) is 0 Å². The number of hydrogen-bond donors (Lipinski definition) is 1. The molecule has 2 aliphatic heterocycles. The van der Waals surface area contributed by atoms with E-state index in [2.05, 4.69) is 9.62 Å². The molecule has 1 aromatic carbocycles. The van der Waals surface area contributed by atoms with Crippen LogP contribution in [0.25, 0.3) is 0 Å². The lowest BCUT2D eigenvalue weighted by Crippen LogP contribution is -2.41. The molecule has 0 saturated carbocycles. The van der Waals surface area contributed by atoms with Gasteiger partial charge in [0.05, 0.1) is 37.7 Å². The standard InChI is InChI=1S/C17H25N3O7S2/c1-13-12-28(22,23)20(17(13)21)14-3-4-15(26-2)16(11-14)29(24,25)18-5-6-19-7-9-27-10-8-19/h3-4,11,13,18H,5-10,12H2,1-2H3. The summed E-state index contributed by atoms with van der Waals surface area (Å²) in [6.45, 7) is 4.89. The molecule has 12 heteroatoms. The van der Waals surface area contributed by atoms with Crippen LogP contribution in [0.2, 0.25) is 0 Å². The van der Waals surface area contributed by atoms with Crippen LogP contribution < -0.4 is 13.8 Å². The molecule has 10 nitrogen and oxygen atoms in total. The van der Waals surface area contributed by atoms with Crippen molar-refractivity contribution in [3.8, 4) is 5.75 Å². The zero-order valence-electron chi connectivity index (χ0n) is 16.3. The number of sulfonamides is 2. The van der Waals surface area contributed by atoms with Gasteiger partial charge < -0.3 is 9.47 Å². The highest BCUT2D eigenvalue weighted by Crippen LogP contribution is 2.33. The van der Waals surface area contributed by atoms with E-state index in [0.717, 1.165) is 19.2 Å². The molecule has 2 aliphatic rings. The molecule has 2 heterocycles. The smallest absolute Gasteiger partial charge is 0.244 e. The van der Waals surface area contributed by atoms with Crippen LogP contribution in [0, 0.1) is 5.92 Å². The molecule has 1 unspecified atom stereocenters. The van der Waals surface area contributed by atoms with Gasteiger partial charge in [0.25, 0.3) is 0 Å². The van der Waals surface area contributed by atoms with Gasteiger partial charge in [-0.2, -0.15) is 0 Å². The predicted molar refractivity (Wildman–Crippen MR) is 106 cm³/mol. The van der Waals surface area contributed by atoms with Gasteiger partial charge in [0.2, 0.25) is 26.0 Å². The summed E-state index contributed by atoms with van der Waals surface area (Å²) in [5.41, 5.74) is -0.0197. The Morgan fingerprint density at radius 2 is 1.97 bits per heavy atom. The van der Waals surface area contributed by atoms with E-state index in [9.17, 15) is 21.6 Å². The Morgan fingerprint density at radius 1 is 1.28 bits per heavy atom. The Morgan fingerprint density at radius 3 is 2.55 bits per heavy atom. The Kier molecular flexibility index (Phi) is 6.48. The molecule has 1 atom stereocenters. The molecule has 0 bridgehead atoms. The second kappa shape index (κ2) is 8.56. The van der Waals surface area contributed by atoms with Crippen LogP contribution in [-0.4, -0.2) is 79.9 Å². The Hall–Kier alpha value is -1.73. The zero-order chi connectivity index (χ0) is 21.2. The second-order valence-electron chi connectivity index (χ2n) is 6.97. The van der Waals surface area contributed by atoms with Gasteiger partial charge in [-0.15, -0.1) is 0 Å². The van der Waals surface area contributed by atoms with Crippen molar-refractivity contribution >= 4 is 31.6 Å². The molecule has 0 aromatic heterocycles. The maximum Gasteiger partial charge on any atom is 0.244 e. The maximum absolute atomic E-state index is 12.8. The minimum Gasteiger partial charge on any atom is -0.495 e. The number of benzene rings is 1. The van der Waals surface area contributed by atoms with Gasteiger partial charge in [0, 0.05) is 26.2 Å². The largest absolute Gasteiger partial charge is 0.495 e. The molecule has 162 valence electrons. The van der Waals surface area contributed by atoms with E-state index in [4.69, 9.17) is 9.47 Å². The first-order valence-electron chi connectivity index (χ1n) is 9.20. The lowest BCUT2D eigenvalue weighted by atomic mass is 10.2. The number of carbonyl (C=O) groups excluding carboxylic acids is 1. The summed E-state index contributed by atoms with van der Waals surface area (Å²) < 4.78 is 64.0. The molecule has 0 aliphatic carbocycles. The second-order valence-corrected chi connectivity index (χ2v) is 10.6. The number of nitrogens with one attached hydrogen (secondary N) is 1. The van der Waals surface area contributed by atoms with Gasteiger partial charge in [-0.3, -0.25) is 9.69 Å². The average Bonchev–Trinajstić information content (AvgIpc) is 2.88. The zero-order valence-corrected chi connectivity index (χ0v) is 18.0. The summed E-state index contributed by atoms with van der Waals surface area (Å²) in [5.74, 6) is -1.52.